The standard InChI is InChI=1S/C28H28N4O/c33-28(24-3-1-2-21(14-24)18-31-11-10-30-19-31)32-26-6-7-27(32)16-22(15-26)12-20-4-5-23-8-9-29-17-25(23)13-20/h1-5,8-11,13-14,17,19,22,26-27H,6-7,12,15-16,18H2. The maximum Gasteiger partial charge on any atom is 0.254 e. The van der Waals surface area contributed by atoms with Crippen LogP contribution in [0.2, 0.25) is 0 Å². The molecule has 2 fully saturated rings. The average molecular weight is 437 g/mol. The third kappa shape index (κ3) is 4.04. The molecule has 5 heteroatoms. The minimum atomic E-state index is 0.199. The molecule has 33 heavy (non-hydrogen) atoms. The number of aromatic nitrogens is 3. The highest BCUT2D eigenvalue weighted by Gasteiger charge is 2.43. The molecule has 2 aliphatic heterocycles. The van der Waals surface area contributed by atoms with Crippen LogP contribution in [0.1, 0.15) is 47.2 Å². The van der Waals surface area contributed by atoms with E-state index < -0.39 is 0 Å². The Bertz CT molecular complexity index is 1270. The van der Waals surface area contributed by atoms with Crippen molar-refractivity contribution in [3.63, 3.8) is 0 Å². The Hall–Kier alpha value is -3.47. The average Bonchev–Trinajstić information content (AvgIpc) is 3.44. The van der Waals surface area contributed by atoms with Crippen molar-refractivity contribution in [2.75, 3.05) is 0 Å². The minimum absolute atomic E-state index is 0.199. The Kier molecular flexibility index (Phi) is 5.17. The third-order valence-corrected chi connectivity index (χ3v) is 7.39. The molecular weight excluding hydrogens is 408 g/mol. The van der Waals surface area contributed by atoms with Gasteiger partial charge in [0.15, 0.2) is 0 Å². The molecule has 4 heterocycles. The van der Waals surface area contributed by atoms with Crippen molar-refractivity contribution in [3.05, 3.63) is 96.3 Å². The second-order valence-corrected chi connectivity index (χ2v) is 9.63. The highest BCUT2D eigenvalue weighted by molar-refractivity contribution is 5.95. The topological polar surface area (TPSA) is 51.0 Å². The van der Waals surface area contributed by atoms with Crippen molar-refractivity contribution in [2.45, 2.75) is 50.7 Å². The summed E-state index contributed by atoms with van der Waals surface area (Å²) in [5.41, 5.74) is 3.32. The zero-order valence-corrected chi connectivity index (χ0v) is 18.7. The van der Waals surface area contributed by atoms with Crippen LogP contribution < -0.4 is 0 Å². The van der Waals surface area contributed by atoms with Crippen molar-refractivity contribution in [1.82, 2.24) is 19.4 Å². The van der Waals surface area contributed by atoms with Gasteiger partial charge in [-0.25, -0.2) is 4.98 Å². The molecule has 4 aromatic rings. The molecule has 2 aromatic heterocycles. The van der Waals surface area contributed by atoms with Crippen LogP contribution in [-0.2, 0) is 13.0 Å². The number of carbonyl (C=O) groups is 1. The van der Waals surface area contributed by atoms with Crippen LogP contribution in [0.25, 0.3) is 10.8 Å². The maximum atomic E-state index is 13.5. The molecule has 166 valence electrons. The number of fused-ring (bicyclic) bond motifs is 3. The van der Waals surface area contributed by atoms with Crippen LogP contribution in [-0.4, -0.2) is 37.4 Å². The van der Waals surface area contributed by atoms with Gasteiger partial charge in [-0.3, -0.25) is 9.78 Å². The predicted molar refractivity (Wildman–Crippen MR) is 129 cm³/mol. The van der Waals surface area contributed by atoms with E-state index in [2.05, 4.69) is 51.3 Å². The van der Waals surface area contributed by atoms with Crippen molar-refractivity contribution in [1.29, 1.82) is 0 Å². The second-order valence-electron chi connectivity index (χ2n) is 9.63. The molecule has 0 aliphatic carbocycles. The predicted octanol–water partition coefficient (Wildman–Crippen LogP) is 5.11. The van der Waals surface area contributed by atoms with Crippen LogP contribution in [0.3, 0.4) is 0 Å². The molecule has 0 spiro atoms. The fraction of sp³-hybridized carbons (Fsp3) is 0.321. The van der Waals surface area contributed by atoms with Crippen LogP contribution >= 0.6 is 0 Å². The van der Waals surface area contributed by atoms with Crippen LogP contribution in [0.5, 0.6) is 0 Å². The summed E-state index contributed by atoms with van der Waals surface area (Å²) >= 11 is 0. The highest BCUT2D eigenvalue weighted by atomic mass is 16.2. The summed E-state index contributed by atoms with van der Waals surface area (Å²) in [5, 5.41) is 2.45. The fourth-order valence-corrected chi connectivity index (χ4v) is 5.93. The lowest BCUT2D eigenvalue weighted by molar-refractivity contribution is 0.0524. The molecule has 2 saturated heterocycles. The maximum absolute atomic E-state index is 13.5. The smallest absolute Gasteiger partial charge is 0.254 e. The highest BCUT2D eigenvalue weighted by Crippen LogP contribution is 2.41. The van der Waals surface area contributed by atoms with Gasteiger partial charge in [-0.05, 0) is 78.8 Å². The molecular formula is C28H28N4O. The normalized spacial score (nSPS) is 22.1. The minimum Gasteiger partial charge on any atom is -0.333 e. The van der Waals surface area contributed by atoms with E-state index >= 15 is 0 Å². The number of hydrogen-bond donors (Lipinski definition) is 0. The van der Waals surface area contributed by atoms with E-state index in [1.807, 2.05) is 41.6 Å². The number of benzene rings is 2. The SMILES string of the molecule is O=C(c1cccc(Cn2ccnc2)c1)N1C2CCC1CC(Cc1ccc3ccncc3c1)C2. The van der Waals surface area contributed by atoms with E-state index in [0.29, 0.717) is 18.0 Å². The Balaban J connectivity index is 1.15. The van der Waals surface area contributed by atoms with Gasteiger partial charge in [0.25, 0.3) is 5.91 Å². The van der Waals surface area contributed by atoms with Gasteiger partial charge in [0, 0.05) is 54.4 Å². The van der Waals surface area contributed by atoms with Gasteiger partial charge in [0.05, 0.1) is 6.33 Å². The molecule has 2 unspecified atom stereocenters. The number of pyridine rings is 1. The van der Waals surface area contributed by atoms with E-state index in [1.54, 1.807) is 6.20 Å². The number of carbonyl (C=O) groups excluding carboxylic acids is 1. The van der Waals surface area contributed by atoms with Gasteiger partial charge in [-0.2, -0.15) is 0 Å². The molecule has 6 rings (SSSR count). The van der Waals surface area contributed by atoms with Crippen molar-refractivity contribution in [2.24, 2.45) is 5.92 Å². The van der Waals surface area contributed by atoms with E-state index in [1.165, 1.54) is 16.3 Å². The fourth-order valence-electron chi connectivity index (χ4n) is 5.93. The Labute approximate surface area is 194 Å². The zero-order valence-electron chi connectivity index (χ0n) is 18.7. The molecule has 2 atom stereocenters. The number of hydrogen-bond acceptors (Lipinski definition) is 3. The molecule has 2 aromatic carbocycles. The Morgan fingerprint density at radius 3 is 2.61 bits per heavy atom. The number of amides is 1. The summed E-state index contributed by atoms with van der Waals surface area (Å²) in [5.74, 6) is 0.832. The number of nitrogens with zero attached hydrogens (tertiary/aromatic N) is 4. The molecule has 0 saturated carbocycles. The summed E-state index contributed by atoms with van der Waals surface area (Å²) in [6, 6.07) is 17.6. The van der Waals surface area contributed by atoms with E-state index in [9.17, 15) is 4.79 Å². The van der Waals surface area contributed by atoms with Gasteiger partial charge in [0.1, 0.15) is 0 Å². The van der Waals surface area contributed by atoms with Gasteiger partial charge in [-0.15, -0.1) is 0 Å². The lowest BCUT2D eigenvalue weighted by atomic mass is 9.85. The second kappa shape index (κ2) is 8.47. The van der Waals surface area contributed by atoms with Gasteiger partial charge < -0.3 is 9.47 Å². The van der Waals surface area contributed by atoms with Crippen molar-refractivity contribution >= 4 is 16.7 Å². The molecule has 0 N–H and O–H groups in total. The zero-order chi connectivity index (χ0) is 22.2. The first kappa shape index (κ1) is 20.2. The van der Waals surface area contributed by atoms with E-state index in [4.69, 9.17) is 0 Å². The first-order valence-corrected chi connectivity index (χ1v) is 11.9. The lowest BCUT2D eigenvalue weighted by Crippen LogP contribution is -2.46. The molecule has 2 bridgehead atoms. The summed E-state index contributed by atoms with van der Waals surface area (Å²) in [7, 11) is 0. The Morgan fingerprint density at radius 1 is 0.909 bits per heavy atom. The number of rotatable bonds is 5. The Morgan fingerprint density at radius 2 is 1.79 bits per heavy atom. The summed E-state index contributed by atoms with van der Waals surface area (Å²) in [4.78, 5) is 24.1. The van der Waals surface area contributed by atoms with Crippen LogP contribution in [0.4, 0.5) is 0 Å². The van der Waals surface area contributed by atoms with Gasteiger partial charge in [0.2, 0.25) is 0 Å². The molecule has 2 aliphatic rings. The quantitative estimate of drug-likeness (QED) is 0.437. The summed E-state index contributed by atoms with van der Waals surface area (Å²) in [6.07, 6.45) is 14.9. The first-order valence-electron chi connectivity index (χ1n) is 11.9. The van der Waals surface area contributed by atoms with Gasteiger partial charge >= 0.3 is 0 Å². The summed E-state index contributed by atoms with van der Waals surface area (Å²) in [6.45, 7) is 0.733. The monoisotopic (exact) mass is 436 g/mol. The van der Waals surface area contributed by atoms with Crippen molar-refractivity contribution < 1.29 is 4.79 Å². The first-order chi connectivity index (χ1) is 16.2. The lowest BCUT2D eigenvalue weighted by Gasteiger charge is -2.39. The van der Waals surface area contributed by atoms with Gasteiger partial charge in [-0.1, -0.05) is 24.3 Å². The van der Waals surface area contributed by atoms with E-state index in [-0.39, 0.29) is 5.91 Å². The largest absolute Gasteiger partial charge is 0.333 e. The van der Waals surface area contributed by atoms with E-state index in [0.717, 1.165) is 49.8 Å². The molecule has 0 radical (unpaired) electrons. The summed E-state index contributed by atoms with van der Waals surface area (Å²) < 4.78 is 2.03. The van der Waals surface area contributed by atoms with Crippen LogP contribution in [0, 0.1) is 5.92 Å². The number of imidazole rings is 1. The number of piperidine rings is 1. The van der Waals surface area contributed by atoms with Crippen LogP contribution in [0.15, 0.2) is 79.6 Å². The molecule has 5 nitrogen and oxygen atoms in total. The third-order valence-electron chi connectivity index (χ3n) is 7.39. The van der Waals surface area contributed by atoms with Crippen molar-refractivity contribution in [3.8, 4) is 0 Å². The molecule has 1 amide bonds.